The first-order valence-electron chi connectivity index (χ1n) is 11.9. The molecular formula is C27H30O9S2. The molecule has 0 amide bonds. The maximum Gasteiger partial charge on any atom is 0.297 e. The quantitative estimate of drug-likeness (QED) is 0.322. The van der Waals surface area contributed by atoms with Crippen LogP contribution in [0.1, 0.15) is 16.7 Å². The highest BCUT2D eigenvalue weighted by molar-refractivity contribution is 7.87. The lowest BCUT2D eigenvalue weighted by Gasteiger charge is -2.24. The molecule has 0 spiro atoms. The van der Waals surface area contributed by atoms with E-state index in [0.29, 0.717) is 0 Å². The van der Waals surface area contributed by atoms with Gasteiger partial charge in [0.1, 0.15) is 18.3 Å². The van der Waals surface area contributed by atoms with Gasteiger partial charge in [0, 0.05) is 7.11 Å². The van der Waals surface area contributed by atoms with Crippen molar-refractivity contribution in [2.24, 2.45) is 0 Å². The van der Waals surface area contributed by atoms with Crippen LogP contribution in [0, 0.1) is 13.8 Å². The van der Waals surface area contributed by atoms with Gasteiger partial charge in [0.25, 0.3) is 20.2 Å². The van der Waals surface area contributed by atoms with Crippen LogP contribution < -0.4 is 0 Å². The van der Waals surface area contributed by atoms with E-state index in [1.165, 1.54) is 31.4 Å². The predicted molar refractivity (Wildman–Crippen MR) is 138 cm³/mol. The second-order valence-corrected chi connectivity index (χ2v) is 12.1. The molecule has 1 saturated heterocycles. The summed E-state index contributed by atoms with van der Waals surface area (Å²) < 4.78 is 80.1. The van der Waals surface area contributed by atoms with Crippen LogP contribution in [0.25, 0.3) is 0 Å². The summed E-state index contributed by atoms with van der Waals surface area (Å²) in [6.07, 6.45) is -4.44. The van der Waals surface area contributed by atoms with Gasteiger partial charge in [-0.05, 0) is 43.7 Å². The van der Waals surface area contributed by atoms with Crippen LogP contribution in [0.15, 0.2) is 88.7 Å². The SMILES string of the molecule is CO[C@@H]1O[C@@H](COS(=O)(=O)c2ccc(C)cc2)[C@H](OS(=O)(=O)c2ccc(C)cc2)[C@@H]1OCc1ccccc1. The van der Waals surface area contributed by atoms with Crippen molar-refractivity contribution in [1.82, 2.24) is 0 Å². The van der Waals surface area contributed by atoms with E-state index in [2.05, 4.69) is 0 Å². The van der Waals surface area contributed by atoms with Gasteiger partial charge in [0.05, 0.1) is 23.0 Å². The molecule has 0 bridgehead atoms. The molecule has 204 valence electrons. The van der Waals surface area contributed by atoms with Crippen LogP contribution >= 0.6 is 0 Å². The van der Waals surface area contributed by atoms with Gasteiger partial charge in [-0.1, -0.05) is 65.7 Å². The van der Waals surface area contributed by atoms with Gasteiger partial charge in [-0.15, -0.1) is 0 Å². The molecule has 0 saturated carbocycles. The van der Waals surface area contributed by atoms with E-state index >= 15 is 0 Å². The van der Waals surface area contributed by atoms with Crippen molar-refractivity contribution in [2.45, 2.75) is 54.8 Å². The highest BCUT2D eigenvalue weighted by atomic mass is 32.2. The van der Waals surface area contributed by atoms with Crippen LogP contribution in [-0.2, 0) is 49.4 Å². The van der Waals surface area contributed by atoms with E-state index in [1.807, 2.05) is 44.2 Å². The fraction of sp³-hybridized carbons (Fsp3) is 0.333. The highest BCUT2D eigenvalue weighted by Gasteiger charge is 2.49. The van der Waals surface area contributed by atoms with Gasteiger partial charge < -0.3 is 14.2 Å². The zero-order chi connectivity index (χ0) is 27.3. The molecule has 3 aromatic rings. The smallest absolute Gasteiger partial charge is 0.297 e. The summed E-state index contributed by atoms with van der Waals surface area (Å²) in [4.78, 5) is -0.0938. The lowest BCUT2D eigenvalue weighted by atomic mass is 10.1. The third-order valence-corrected chi connectivity index (χ3v) is 8.65. The minimum absolute atomic E-state index is 0.0361. The van der Waals surface area contributed by atoms with E-state index in [0.717, 1.165) is 16.7 Å². The monoisotopic (exact) mass is 562 g/mol. The summed E-state index contributed by atoms with van der Waals surface area (Å²) in [5.41, 5.74) is 2.60. The molecule has 4 atom stereocenters. The fourth-order valence-electron chi connectivity index (χ4n) is 3.91. The molecule has 0 radical (unpaired) electrons. The normalized spacial score (nSPS) is 22.0. The molecule has 1 aliphatic heterocycles. The molecule has 38 heavy (non-hydrogen) atoms. The zero-order valence-corrected chi connectivity index (χ0v) is 22.9. The summed E-state index contributed by atoms with van der Waals surface area (Å²) in [5.74, 6) is 0. The number of ether oxygens (including phenoxy) is 3. The minimum Gasteiger partial charge on any atom is -0.365 e. The molecule has 11 heteroatoms. The fourth-order valence-corrected chi connectivity index (χ4v) is 5.94. The van der Waals surface area contributed by atoms with Crippen LogP contribution in [-0.4, -0.2) is 55.2 Å². The Hall–Kier alpha value is -2.64. The molecule has 1 aliphatic rings. The zero-order valence-electron chi connectivity index (χ0n) is 21.2. The van der Waals surface area contributed by atoms with Crippen LogP contribution in [0.3, 0.4) is 0 Å². The Morgan fingerprint density at radius 2 is 1.29 bits per heavy atom. The van der Waals surface area contributed by atoms with Crippen molar-refractivity contribution in [2.75, 3.05) is 13.7 Å². The summed E-state index contributed by atoms with van der Waals surface area (Å²) in [5, 5.41) is 0. The van der Waals surface area contributed by atoms with Gasteiger partial charge in [-0.3, -0.25) is 8.37 Å². The van der Waals surface area contributed by atoms with Gasteiger partial charge in [0.15, 0.2) is 6.29 Å². The average molecular weight is 563 g/mol. The summed E-state index contributed by atoms with van der Waals surface area (Å²) in [6, 6.07) is 21.6. The topological polar surface area (TPSA) is 114 Å². The number of hydrogen-bond donors (Lipinski definition) is 0. The third kappa shape index (κ3) is 6.86. The molecule has 0 unspecified atom stereocenters. The Morgan fingerprint density at radius 3 is 1.84 bits per heavy atom. The Kier molecular flexibility index (Phi) is 8.99. The molecule has 3 aromatic carbocycles. The van der Waals surface area contributed by atoms with E-state index in [4.69, 9.17) is 22.6 Å². The Labute approximate surface area is 223 Å². The van der Waals surface area contributed by atoms with Crippen molar-refractivity contribution in [3.8, 4) is 0 Å². The second kappa shape index (κ2) is 12.0. The molecule has 4 rings (SSSR count). The molecule has 0 N–H and O–H groups in total. The molecule has 1 heterocycles. The highest BCUT2D eigenvalue weighted by Crippen LogP contribution is 2.32. The van der Waals surface area contributed by atoms with Gasteiger partial charge in [0.2, 0.25) is 0 Å². The summed E-state index contributed by atoms with van der Waals surface area (Å²) in [6.45, 7) is 3.27. The van der Waals surface area contributed by atoms with E-state index < -0.39 is 51.4 Å². The second-order valence-electron chi connectivity index (χ2n) is 8.92. The van der Waals surface area contributed by atoms with Gasteiger partial charge >= 0.3 is 0 Å². The number of hydrogen-bond acceptors (Lipinski definition) is 9. The van der Waals surface area contributed by atoms with Crippen LogP contribution in [0.5, 0.6) is 0 Å². The first-order valence-corrected chi connectivity index (χ1v) is 14.7. The maximum absolute atomic E-state index is 13.2. The number of rotatable bonds is 11. The van der Waals surface area contributed by atoms with Crippen molar-refractivity contribution < 1.29 is 39.4 Å². The number of benzene rings is 3. The third-order valence-electron chi connectivity index (χ3n) is 6.03. The molecular weight excluding hydrogens is 532 g/mol. The summed E-state index contributed by atoms with van der Waals surface area (Å²) >= 11 is 0. The minimum atomic E-state index is -4.27. The van der Waals surface area contributed by atoms with Crippen molar-refractivity contribution >= 4 is 20.2 Å². The predicted octanol–water partition coefficient (Wildman–Crippen LogP) is 3.74. The van der Waals surface area contributed by atoms with Crippen LogP contribution in [0.2, 0.25) is 0 Å². The molecule has 0 aliphatic carbocycles. The van der Waals surface area contributed by atoms with E-state index in [9.17, 15) is 16.8 Å². The maximum atomic E-state index is 13.2. The van der Waals surface area contributed by atoms with Crippen molar-refractivity contribution in [3.05, 3.63) is 95.6 Å². The molecule has 0 aromatic heterocycles. The Morgan fingerprint density at radius 1 is 0.737 bits per heavy atom. The molecule has 9 nitrogen and oxygen atoms in total. The molecule has 1 fully saturated rings. The van der Waals surface area contributed by atoms with Crippen molar-refractivity contribution in [1.29, 1.82) is 0 Å². The lowest BCUT2D eigenvalue weighted by Crippen LogP contribution is -2.41. The summed E-state index contributed by atoms with van der Waals surface area (Å²) in [7, 11) is -7.05. The Balaban J connectivity index is 1.58. The van der Waals surface area contributed by atoms with Crippen LogP contribution in [0.4, 0.5) is 0 Å². The largest absolute Gasteiger partial charge is 0.365 e. The lowest BCUT2D eigenvalue weighted by molar-refractivity contribution is -0.167. The van der Waals surface area contributed by atoms with Gasteiger partial charge in [-0.2, -0.15) is 16.8 Å². The van der Waals surface area contributed by atoms with E-state index in [-0.39, 0.29) is 16.4 Å². The van der Waals surface area contributed by atoms with Gasteiger partial charge in [-0.25, -0.2) is 0 Å². The number of aryl methyl sites for hydroxylation is 2. The first kappa shape index (κ1) is 28.4. The first-order chi connectivity index (χ1) is 18.1. The van der Waals surface area contributed by atoms with Crippen molar-refractivity contribution in [3.63, 3.8) is 0 Å². The average Bonchev–Trinajstić information content (AvgIpc) is 3.23. The Bertz CT molecular complexity index is 1410. The standard InChI is InChI=1S/C27H30O9S2/c1-19-9-13-22(14-10-19)37(28,29)34-18-24-25(36-38(30,31)23-15-11-20(2)12-16-23)26(27(32-3)35-24)33-17-21-7-5-4-6-8-21/h4-16,24-27H,17-18H2,1-3H3/t24-,25-,26-,27+/m0/s1. The number of methoxy groups -OCH3 is 1. The van der Waals surface area contributed by atoms with E-state index in [1.54, 1.807) is 24.3 Å².